The van der Waals surface area contributed by atoms with Crippen LogP contribution in [0.4, 0.5) is 0 Å². The van der Waals surface area contributed by atoms with E-state index >= 15 is 0 Å². The van der Waals surface area contributed by atoms with Gasteiger partial charge in [0.05, 0.1) is 12.0 Å². The van der Waals surface area contributed by atoms with Crippen molar-refractivity contribution in [2.75, 3.05) is 0 Å². The molecule has 22 heavy (non-hydrogen) atoms. The van der Waals surface area contributed by atoms with Crippen molar-refractivity contribution >= 4 is 5.91 Å². The molecule has 0 radical (unpaired) electrons. The Morgan fingerprint density at radius 1 is 1.36 bits per heavy atom. The van der Waals surface area contributed by atoms with E-state index in [1.54, 1.807) is 20.8 Å². The normalized spacial score (nSPS) is 12.5. The van der Waals surface area contributed by atoms with Gasteiger partial charge in [0.1, 0.15) is 5.54 Å². The number of aromatic nitrogens is 2. The fraction of sp³-hybridized carbons (Fsp3) is 0.375. The number of nitrogens with one attached hydrogen (secondary N) is 1. The highest BCUT2D eigenvalue weighted by Gasteiger charge is 2.26. The molecule has 1 unspecified atom stereocenters. The molecule has 1 aromatic heterocycles. The van der Waals surface area contributed by atoms with Gasteiger partial charge in [-0.3, -0.25) is 4.79 Å². The average Bonchev–Trinajstić information content (AvgIpc) is 2.91. The number of nitrogens with zero attached hydrogens (tertiary/aromatic N) is 3. The van der Waals surface area contributed by atoms with E-state index in [9.17, 15) is 4.79 Å². The first kappa shape index (κ1) is 15.7. The Balaban J connectivity index is 2.23. The van der Waals surface area contributed by atoms with Crippen molar-refractivity contribution in [2.24, 2.45) is 0 Å². The van der Waals surface area contributed by atoms with Crippen molar-refractivity contribution in [3.8, 4) is 6.07 Å². The summed E-state index contributed by atoms with van der Waals surface area (Å²) in [7, 11) is 0. The van der Waals surface area contributed by atoms with Gasteiger partial charge in [0.15, 0.2) is 0 Å². The molecule has 0 aliphatic rings. The van der Waals surface area contributed by atoms with Crippen LogP contribution >= 0.6 is 0 Å². The number of carbonyl (C=O) groups excluding carboxylic acids is 1. The van der Waals surface area contributed by atoms with E-state index in [0.717, 1.165) is 5.56 Å². The number of hydrogen-bond acceptors (Lipinski definition) is 5. The monoisotopic (exact) mass is 298 g/mol. The largest absolute Gasteiger partial charge is 0.425 e. The van der Waals surface area contributed by atoms with Gasteiger partial charge in [-0.05, 0) is 19.4 Å². The quantitative estimate of drug-likeness (QED) is 0.914. The smallest absolute Gasteiger partial charge is 0.224 e. The number of rotatable bonds is 5. The number of aryl methyl sites for hydroxylation is 1. The Morgan fingerprint density at radius 3 is 2.59 bits per heavy atom. The Morgan fingerprint density at radius 2 is 2.05 bits per heavy atom. The van der Waals surface area contributed by atoms with Crippen LogP contribution < -0.4 is 5.32 Å². The molecule has 2 aromatic rings. The van der Waals surface area contributed by atoms with E-state index in [2.05, 4.69) is 15.5 Å². The molecule has 0 aliphatic carbocycles. The Bertz CT molecular complexity index is 686. The van der Waals surface area contributed by atoms with E-state index in [1.165, 1.54) is 0 Å². The van der Waals surface area contributed by atoms with Gasteiger partial charge in [0.2, 0.25) is 17.7 Å². The second-order valence-corrected chi connectivity index (χ2v) is 5.61. The fourth-order valence-electron chi connectivity index (χ4n) is 2.10. The third kappa shape index (κ3) is 3.92. The first-order valence-electron chi connectivity index (χ1n) is 6.98. The molecule has 2 rings (SSSR count). The molecule has 0 saturated heterocycles. The summed E-state index contributed by atoms with van der Waals surface area (Å²) in [5.41, 5.74) is -0.000589. The lowest BCUT2D eigenvalue weighted by molar-refractivity contribution is -0.122. The highest BCUT2D eigenvalue weighted by Crippen LogP contribution is 2.27. The molecule has 0 fully saturated rings. The molecular weight excluding hydrogens is 280 g/mol. The zero-order chi connectivity index (χ0) is 16.2. The molecule has 0 bridgehead atoms. The maximum Gasteiger partial charge on any atom is 0.224 e. The molecule has 1 atom stereocenters. The number of amides is 1. The van der Waals surface area contributed by atoms with Gasteiger partial charge >= 0.3 is 0 Å². The minimum atomic E-state index is -0.914. The molecule has 0 saturated carbocycles. The molecule has 6 nitrogen and oxygen atoms in total. The third-order valence-electron chi connectivity index (χ3n) is 3.16. The molecule has 0 spiro atoms. The highest BCUT2D eigenvalue weighted by atomic mass is 16.4. The van der Waals surface area contributed by atoms with Gasteiger partial charge in [-0.2, -0.15) is 5.26 Å². The summed E-state index contributed by atoms with van der Waals surface area (Å²) in [6.07, 6.45) is 0.136. The van der Waals surface area contributed by atoms with Crippen molar-refractivity contribution in [2.45, 2.75) is 38.6 Å². The second kappa shape index (κ2) is 6.39. The van der Waals surface area contributed by atoms with Crippen LogP contribution in [0, 0.1) is 18.3 Å². The van der Waals surface area contributed by atoms with Crippen LogP contribution in [0.2, 0.25) is 0 Å². The molecule has 1 aromatic carbocycles. The summed E-state index contributed by atoms with van der Waals surface area (Å²) < 4.78 is 5.49. The van der Waals surface area contributed by atoms with E-state index in [1.807, 2.05) is 36.4 Å². The maximum atomic E-state index is 12.2. The molecule has 6 heteroatoms. The van der Waals surface area contributed by atoms with Crippen molar-refractivity contribution in [1.29, 1.82) is 5.26 Å². The van der Waals surface area contributed by atoms with Crippen LogP contribution in [-0.4, -0.2) is 21.6 Å². The van der Waals surface area contributed by atoms with Crippen molar-refractivity contribution in [1.82, 2.24) is 15.5 Å². The van der Waals surface area contributed by atoms with Gasteiger partial charge in [-0.1, -0.05) is 30.3 Å². The molecule has 114 valence electrons. The summed E-state index contributed by atoms with van der Waals surface area (Å²) in [6.45, 7) is 5.01. The van der Waals surface area contributed by atoms with Crippen molar-refractivity contribution in [3.05, 3.63) is 47.7 Å². The Hall–Kier alpha value is -2.68. The Kier molecular flexibility index (Phi) is 4.56. The highest BCUT2D eigenvalue weighted by molar-refractivity contribution is 5.78. The van der Waals surface area contributed by atoms with Gasteiger partial charge in [0, 0.05) is 13.3 Å². The average molecular weight is 298 g/mol. The lowest BCUT2D eigenvalue weighted by atomic mass is 9.94. The zero-order valence-corrected chi connectivity index (χ0v) is 12.8. The summed E-state index contributed by atoms with van der Waals surface area (Å²) in [5, 5.41) is 19.6. The topological polar surface area (TPSA) is 91.8 Å². The lowest BCUT2D eigenvalue weighted by Crippen LogP contribution is -2.42. The van der Waals surface area contributed by atoms with Gasteiger partial charge < -0.3 is 9.73 Å². The summed E-state index contributed by atoms with van der Waals surface area (Å²) in [4.78, 5) is 12.2. The van der Waals surface area contributed by atoms with Crippen LogP contribution in [-0.2, 0) is 4.79 Å². The number of hydrogen-bond donors (Lipinski definition) is 1. The van der Waals surface area contributed by atoms with E-state index < -0.39 is 5.54 Å². The first-order valence-corrected chi connectivity index (χ1v) is 6.98. The molecule has 1 N–H and O–H groups in total. The Labute approximate surface area is 129 Å². The van der Waals surface area contributed by atoms with E-state index in [-0.39, 0.29) is 18.2 Å². The van der Waals surface area contributed by atoms with Gasteiger partial charge in [-0.15, -0.1) is 10.2 Å². The SMILES string of the molecule is Cc1nnc(C(CC(=O)NC(C)(C)C#N)c2ccccc2)o1. The second-order valence-electron chi connectivity index (χ2n) is 5.61. The third-order valence-corrected chi connectivity index (χ3v) is 3.16. The number of nitriles is 1. The fourth-order valence-corrected chi connectivity index (χ4v) is 2.10. The minimum absolute atomic E-state index is 0.136. The molecule has 1 heterocycles. The molecular formula is C16H18N4O2. The predicted molar refractivity (Wildman–Crippen MR) is 79.8 cm³/mol. The summed E-state index contributed by atoms with van der Waals surface area (Å²) in [5.74, 6) is 0.274. The number of carbonyl (C=O) groups is 1. The molecule has 0 aliphatic heterocycles. The van der Waals surface area contributed by atoms with Crippen LogP contribution in [0.15, 0.2) is 34.7 Å². The zero-order valence-electron chi connectivity index (χ0n) is 12.8. The number of benzene rings is 1. The van der Waals surface area contributed by atoms with Gasteiger partial charge in [0.25, 0.3) is 0 Å². The van der Waals surface area contributed by atoms with Crippen molar-refractivity contribution < 1.29 is 9.21 Å². The van der Waals surface area contributed by atoms with Crippen LogP contribution in [0.1, 0.15) is 43.5 Å². The first-order chi connectivity index (χ1) is 10.4. The minimum Gasteiger partial charge on any atom is -0.425 e. The van der Waals surface area contributed by atoms with Crippen LogP contribution in [0.5, 0.6) is 0 Å². The van der Waals surface area contributed by atoms with Crippen LogP contribution in [0.25, 0.3) is 0 Å². The lowest BCUT2D eigenvalue weighted by Gasteiger charge is -2.19. The predicted octanol–water partition coefficient (Wildman–Crippen LogP) is 2.32. The van der Waals surface area contributed by atoms with Gasteiger partial charge in [-0.25, -0.2) is 0 Å². The maximum absolute atomic E-state index is 12.2. The summed E-state index contributed by atoms with van der Waals surface area (Å²) in [6, 6.07) is 11.5. The van der Waals surface area contributed by atoms with Crippen molar-refractivity contribution in [3.63, 3.8) is 0 Å². The molecule has 1 amide bonds. The summed E-state index contributed by atoms with van der Waals surface area (Å²) >= 11 is 0. The van der Waals surface area contributed by atoms with E-state index in [4.69, 9.17) is 9.68 Å². The van der Waals surface area contributed by atoms with Crippen LogP contribution in [0.3, 0.4) is 0 Å². The van der Waals surface area contributed by atoms with E-state index in [0.29, 0.717) is 11.8 Å². The standard InChI is InChI=1S/C16H18N4O2/c1-11-19-20-15(22-11)13(12-7-5-4-6-8-12)9-14(21)18-16(2,3)10-17/h4-8,13H,9H2,1-3H3,(H,18,21).